The van der Waals surface area contributed by atoms with Crippen molar-refractivity contribution in [2.45, 2.75) is 83.5 Å². The van der Waals surface area contributed by atoms with E-state index >= 15 is 0 Å². The number of aryl methyl sites for hydroxylation is 1. The van der Waals surface area contributed by atoms with Crippen LogP contribution in [-0.4, -0.2) is 17.3 Å². The number of piperidine rings is 1. The quantitative estimate of drug-likeness (QED) is 0.545. The number of hydrogen-bond acceptors (Lipinski definition) is 1. The van der Waals surface area contributed by atoms with E-state index in [9.17, 15) is 13.2 Å². The molecule has 1 saturated heterocycles. The molecule has 0 aromatic heterocycles. The first-order valence-electron chi connectivity index (χ1n) is 10.7. The summed E-state index contributed by atoms with van der Waals surface area (Å²) in [7, 11) is 0. The average molecular weight is 418 g/mol. The maximum atomic E-state index is 14.4. The zero-order valence-electron chi connectivity index (χ0n) is 19.0. The highest BCUT2D eigenvalue weighted by atomic mass is 19.4. The molecule has 2 aromatic rings. The first kappa shape index (κ1) is 22.9. The minimum atomic E-state index is -4.31. The van der Waals surface area contributed by atoms with Crippen LogP contribution < -0.4 is 5.32 Å². The highest BCUT2D eigenvalue weighted by Crippen LogP contribution is 2.49. The van der Waals surface area contributed by atoms with E-state index in [4.69, 9.17) is 0 Å². The van der Waals surface area contributed by atoms with Crippen LogP contribution in [0.5, 0.6) is 0 Å². The van der Waals surface area contributed by atoms with Crippen LogP contribution >= 0.6 is 0 Å². The van der Waals surface area contributed by atoms with Gasteiger partial charge in [-0.1, -0.05) is 54.1 Å². The molecule has 0 bridgehead atoms. The Kier molecular flexibility index (Phi) is 5.87. The van der Waals surface area contributed by atoms with E-state index < -0.39 is 11.6 Å². The summed E-state index contributed by atoms with van der Waals surface area (Å²) >= 11 is 0. The Morgan fingerprint density at radius 1 is 0.833 bits per heavy atom. The number of rotatable bonds is 4. The number of halogens is 3. The summed E-state index contributed by atoms with van der Waals surface area (Å²) in [6, 6.07) is 15.0. The minimum absolute atomic E-state index is 0.000324. The van der Waals surface area contributed by atoms with Gasteiger partial charge >= 0.3 is 6.18 Å². The lowest BCUT2D eigenvalue weighted by Gasteiger charge is -2.48. The van der Waals surface area contributed by atoms with Gasteiger partial charge in [-0.25, -0.2) is 0 Å². The van der Waals surface area contributed by atoms with E-state index in [0.717, 1.165) is 29.5 Å². The van der Waals surface area contributed by atoms with Crippen LogP contribution in [0, 0.1) is 12.8 Å². The van der Waals surface area contributed by atoms with E-state index in [2.05, 4.69) is 33.0 Å². The number of nitrogens with one attached hydrogen (secondary N) is 1. The Morgan fingerprint density at radius 2 is 1.27 bits per heavy atom. The fourth-order valence-corrected chi connectivity index (χ4v) is 5.43. The van der Waals surface area contributed by atoms with Crippen LogP contribution in [0.3, 0.4) is 0 Å². The molecule has 3 rings (SSSR count). The molecule has 1 unspecified atom stereocenters. The van der Waals surface area contributed by atoms with E-state index in [0.29, 0.717) is 5.56 Å². The summed E-state index contributed by atoms with van der Waals surface area (Å²) in [4.78, 5) is 0. The van der Waals surface area contributed by atoms with E-state index in [1.54, 1.807) is 12.1 Å². The highest BCUT2D eigenvalue weighted by Gasteiger charge is 2.54. The predicted molar refractivity (Wildman–Crippen MR) is 119 cm³/mol. The van der Waals surface area contributed by atoms with Gasteiger partial charge in [0.25, 0.3) is 0 Å². The maximum absolute atomic E-state index is 14.4. The van der Waals surface area contributed by atoms with Gasteiger partial charge in [-0.05, 0) is 83.4 Å². The Balaban J connectivity index is 1.91. The van der Waals surface area contributed by atoms with Crippen molar-refractivity contribution >= 4 is 0 Å². The molecule has 0 saturated carbocycles. The lowest BCUT2D eigenvalue weighted by Crippen LogP contribution is -2.58. The number of hydrogen-bond donors (Lipinski definition) is 1. The van der Waals surface area contributed by atoms with E-state index in [1.165, 1.54) is 6.92 Å². The molecule has 1 fully saturated rings. The minimum Gasteiger partial charge on any atom is -0.307 e. The van der Waals surface area contributed by atoms with Gasteiger partial charge in [-0.3, -0.25) is 0 Å². The molecule has 1 N–H and O–H groups in total. The van der Waals surface area contributed by atoms with Gasteiger partial charge in [0.05, 0.1) is 5.41 Å². The first-order valence-corrected chi connectivity index (χ1v) is 10.7. The number of alkyl halides is 3. The number of benzene rings is 2. The molecule has 1 heterocycles. The van der Waals surface area contributed by atoms with Crippen LogP contribution in [0.25, 0.3) is 11.1 Å². The second kappa shape index (κ2) is 7.71. The second-order valence-corrected chi connectivity index (χ2v) is 10.6. The van der Waals surface area contributed by atoms with Crippen molar-refractivity contribution in [2.75, 3.05) is 0 Å². The van der Waals surface area contributed by atoms with Crippen LogP contribution in [0.4, 0.5) is 13.2 Å². The SMILES string of the molecule is Cc1ccc(-c2ccc(C(C)(CC3CC(C)(C)NC(C)(C)C3)C(F)(F)F)cc2)cc1. The standard InChI is InChI=1S/C26H34F3N/c1-18-7-9-20(10-8-18)21-11-13-22(14-12-21)25(6,26(27,28)29)17-19-15-23(2,3)30-24(4,5)16-19/h7-14,19,30H,15-17H2,1-6H3. The van der Waals surface area contributed by atoms with Gasteiger partial charge in [0, 0.05) is 11.1 Å². The molecule has 4 heteroatoms. The largest absolute Gasteiger partial charge is 0.398 e. The molecule has 1 aliphatic rings. The summed E-state index contributed by atoms with van der Waals surface area (Å²) in [5.41, 5.74) is 1.25. The molecule has 0 spiro atoms. The molecular formula is C26H34F3N. The molecule has 2 aromatic carbocycles. The normalized spacial score (nSPS) is 21.2. The first-order chi connectivity index (χ1) is 13.7. The smallest absolute Gasteiger partial charge is 0.307 e. The summed E-state index contributed by atoms with van der Waals surface area (Å²) in [6.45, 7) is 11.7. The highest BCUT2D eigenvalue weighted by molar-refractivity contribution is 5.64. The van der Waals surface area contributed by atoms with Gasteiger partial charge in [0.15, 0.2) is 0 Å². The third-order valence-corrected chi connectivity index (χ3v) is 6.50. The van der Waals surface area contributed by atoms with Gasteiger partial charge in [-0.2, -0.15) is 13.2 Å². The molecule has 164 valence electrons. The Bertz CT molecular complexity index is 847. The Hall–Kier alpha value is -1.81. The van der Waals surface area contributed by atoms with E-state index in [1.807, 2.05) is 43.3 Å². The van der Waals surface area contributed by atoms with Crippen molar-refractivity contribution in [2.24, 2.45) is 5.92 Å². The van der Waals surface area contributed by atoms with Crippen LogP contribution in [0.1, 0.15) is 65.0 Å². The van der Waals surface area contributed by atoms with Crippen molar-refractivity contribution in [1.82, 2.24) is 5.32 Å². The third kappa shape index (κ3) is 4.91. The van der Waals surface area contributed by atoms with Crippen molar-refractivity contribution in [3.8, 4) is 11.1 Å². The monoisotopic (exact) mass is 417 g/mol. The Labute approximate surface area is 179 Å². The van der Waals surface area contributed by atoms with Crippen LogP contribution in [0.15, 0.2) is 48.5 Å². The predicted octanol–water partition coefficient (Wildman–Crippen LogP) is 7.43. The van der Waals surface area contributed by atoms with Crippen LogP contribution in [0.2, 0.25) is 0 Å². The third-order valence-electron chi connectivity index (χ3n) is 6.50. The molecule has 30 heavy (non-hydrogen) atoms. The van der Waals surface area contributed by atoms with Crippen molar-refractivity contribution in [1.29, 1.82) is 0 Å². The van der Waals surface area contributed by atoms with Crippen molar-refractivity contribution in [3.63, 3.8) is 0 Å². The summed E-state index contributed by atoms with van der Waals surface area (Å²) in [5, 5.41) is 3.57. The van der Waals surface area contributed by atoms with Gasteiger partial charge < -0.3 is 5.32 Å². The topological polar surface area (TPSA) is 12.0 Å². The lowest BCUT2D eigenvalue weighted by molar-refractivity contribution is -0.192. The van der Waals surface area contributed by atoms with Crippen molar-refractivity contribution < 1.29 is 13.2 Å². The summed E-state index contributed by atoms with van der Waals surface area (Å²) < 4.78 is 43.1. The molecule has 1 nitrogen and oxygen atoms in total. The molecule has 0 aliphatic carbocycles. The molecule has 1 atom stereocenters. The molecule has 0 amide bonds. The summed E-state index contributed by atoms with van der Waals surface area (Å²) in [5.74, 6) is -0.000324. The second-order valence-electron chi connectivity index (χ2n) is 10.6. The molecular weight excluding hydrogens is 383 g/mol. The molecule has 1 aliphatic heterocycles. The van der Waals surface area contributed by atoms with Crippen molar-refractivity contribution in [3.05, 3.63) is 59.7 Å². The van der Waals surface area contributed by atoms with Gasteiger partial charge in [0.1, 0.15) is 0 Å². The van der Waals surface area contributed by atoms with Gasteiger partial charge in [0.2, 0.25) is 0 Å². The fraction of sp³-hybridized carbons (Fsp3) is 0.538. The van der Waals surface area contributed by atoms with E-state index in [-0.39, 0.29) is 23.4 Å². The molecule has 0 radical (unpaired) electrons. The van der Waals surface area contributed by atoms with Gasteiger partial charge in [-0.15, -0.1) is 0 Å². The lowest BCUT2D eigenvalue weighted by atomic mass is 9.67. The van der Waals surface area contributed by atoms with Crippen LogP contribution in [-0.2, 0) is 5.41 Å². The fourth-order valence-electron chi connectivity index (χ4n) is 5.43. The zero-order valence-corrected chi connectivity index (χ0v) is 19.0. The summed E-state index contributed by atoms with van der Waals surface area (Å²) in [6.07, 6.45) is -2.72. The maximum Gasteiger partial charge on any atom is 0.398 e. The Morgan fingerprint density at radius 3 is 1.70 bits per heavy atom. The zero-order chi connectivity index (χ0) is 22.4. The average Bonchev–Trinajstić information content (AvgIpc) is 2.58.